The molecule has 0 bridgehead atoms. The van der Waals surface area contributed by atoms with Crippen LogP contribution in [0, 0.1) is 6.92 Å². The Kier molecular flexibility index (Phi) is 6.11. The Hall–Kier alpha value is -0.590. The molecule has 0 aliphatic rings. The lowest BCUT2D eigenvalue weighted by Gasteiger charge is -2.07. The third-order valence-electron chi connectivity index (χ3n) is 2.68. The van der Waals surface area contributed by atoms with E-state index in [1.807, 2.05) is 13.8 Å². The molecule has 1 heterocycles. The third kappa shape index (κ3) is 4.96. The van der Waals surface area contributed by atoms with Crippen molar-refractivity contribution < 1.29 is 8.42 Å². The highest BCUT2D eigenvalue weighted by Gasteiger charge is 2.08. The quantitative estimate of drug-likeness (QED) is 0.745. The van der Waals surface area contributed by atoms with Gasteiger partial charge in [-0.3, -0.25) is 4.68 Å². The molecule has 0 saturated heterocycles. The molecule has 104 valence electrons. The van der Waals surface area contributed by atoms with Gasteiger partial charge in [0.1, 0.15) is 0 Å². The smallest absolute Gasteiger partial charge is 0.211 e. The summed E-state index contributed by atoms with van der Waals surface area (Å²) in [5, 5.41) is 4.74. The summed E-state index contributed by atoms with van der Waals surface area (Å²) in [4.78, 5) is 0. The van der Waals surface area contributed by atoms with Crippen LogP contribution in [-0.2, 0) is 16.6 Å². The molecule has 0 unspecified atom stereocenters. The molecule has 0 spiro atoms. The minimum Gasteiger partial charge on any atom is -0.268 e. The van der Waals surface area contributed by atoms with Crippen LogP contribution in [0.5, 0.6) is 0 Å². The van der Waals surface area contributed by atoms with Crippen LogP contribution in [0.15, 0.2) is 6.20 Å². The van der Waals surface area contributed by atoms with Gasteiger partial charge >= 0.3 is 0 Å². The van der Waals surface area contributed by atoms with E-state index in [1.165, 1.54) is 0 Å². The zero-order valence-electron chi connectivity index (χ0n) is 10.8. The maximum atomic E-state index is 11.5. The van der Waals surface area contributed by atoms with Gasteiger partial charge in [0, 0.05) is 13.1 Å². The first-order valence-electron chi connectivity index (χ1n) is 6.11. The van der Waals surface area contributed by atoms with Crippen LogP contribution in [0.2, 0.25) is 5.02 Å². The highest BCUT2D eigenvalue weighted by atomic mass is 35.5. The second-order valence-corrected chi connectivity index (χ2v) is 6.55. The van der Waals surface area contributed by atoms with Crippen LogP contribution in [0.1, 0.15) is 31.9 Å². The van der Waals surface area contributed by atoms with E-state index in [1.54, 1.807) is 10.9 Å². The molecular formula is C11H20ClN3O2S. The van der Waals surface area contributed by atoms with Gasteiger partial charge in [-0.25, -0.2) is 13.1 Å². The maximum absolute atomic E-state index is 11.5. The van der Waals surface area contributed by atoms with Gasteiger partial charge in [0.2, 0.25) is 10.0 Å². The van der Waals surface area contributed by atoms with Crippen LogP contribution in [0.25, 0.3) is 0 Å². The average Bonchev–Trinajstić information content (AvgIpc) is 2.64. The number of nitrogens with zero attached hydrogens (tertiary/aromatic N) is 2. The first-order chi connectivity index (χ1) is 8.46. The summed E-state index contributed by atoms with van der Waals surface area (Å²) >= 11 is 5.88. The van der Waals surface area contributed by atoms with Crippen LogP contribution < -0.4 is 4.72 Å². The van der Waals surface area contributed by atoms with E-state index in [0.29, 0.717) is 31.0 Å². The van der Waals surface area contributed by atoms with Gasteiger partial charge in [0.15, 0.2) is 0 Å². The van der Waals surface area contributed by atoms with E-state index in [2.05, 4.69) is 9.82 Å². The van der Waals surface area contributed by atoms with E-state index >= 15 is 0 Å². The van der Waals surface area contributed by atoms with Crippen LogP contribution in [-0.4, -0.2) is 30.5 Å². The van der Waals surface area contributed by atoms with Crippen LogP contribution in [0.4, 0.5) is 0 Å². The fourth-order valence-corrected chi connectivity index (χ4v) is 2.92. The van der Waals surface area contributed by atoms with Crippen LogP contribution in [0.3, 0.4) is 0 Å². The molecule has 0 amide bonds. The predicted octanol–water partition coefficient (Wildman–Crippen LogP) is 1.95. The normalized spacial score (nSPS) is 11.9. The summed E-state index contributed by atoms with van der Waals surface area (Å²) in [6, 6.07) is 0. The van der Waals surface area contributed by atoms with Crippen molar-refractivity contribution in [3.05, 3.63) is 16.9 Å². The van der Waals surface area contributed by atoms with Crippen molar-refractivity contribution in [2.45, 2.75) is 39.7 Å². The number of halogens is 1. The number of rotatable bonds is 8. The van der Waals surface area contributed by atoms with Crippen molar-refractivity contribution in [1.29, 1.82) is 0 Å². The Morgan fingerprint density at radius 2 is 2.17 bits per heavy atom. The molecule has 0 saturated carbocycles. The zero-order chi connectivity index (χ0) is 13.6. The molecule has 1 aromatic heterocycles. The van der Waals surface area contributed by atoms with Gasteiger partial charge in [-0.1, -0.05) is 24.9 Å². The lowest BCUT2D eigenvalue weighted by atomic mass is 10.4. The predicted molar refractivity (Wildman–Crippen MR) is 73.3 cm³/mol. The maximum Gasteiger partial charge on any atom is 0.211 e. The molecule has 0 aliphatic heterocycles. The number of sulfonamides is 1. The number of aryl methyl sites for hydroxylation is 1. The van der Waals surface area contributed by atoms with Gasteiger partial charge in [-0.2, -0.15) is 5.10 Å². The van der Waals surface area contributed by atoms with Crippen molar-refractivity contribution in [3.63, 3.8) is 0 Å². The van der Waals surface area contributed by atoms with Crippen molar-refractivity contribution >= 4 is 21.6 Å². The Labute approximate surface area is 114 Å². The molecule has 18 heavy (non-hydrogen) atoms. The molecule has 0 aliphatic carbocycles. The molecule has 0 radical (unpaired) electrons. The Morgan fingerprint density at radius 3 is 2.72 bits per heavy atom. The fraction of sp³-hybridized carbons (Fsp3) is 0.727. The molecule has 5 nitrogen and oxygen atoms in total. The van der Waals surface area contributed by atoms with E-state index in [4.69, 9.17) is 11.6 Å². The molecule has 1 rings (SSSR count). The molecule has 7 heteroatoms. The Bertz CT molecular complexity index is 471. The zero-order valence-corrected chi connectivity index (χ0v) is 12.4. The van der Waals surface area contributed by atoms with Gasteiger partial charge < -0.3 is 0 Å². The van der Waals surface area contributed by atoms with E-state index < -0.39 is 10.0 Å². The fourth-order valence-electron chi connectivity index (χ4n) is 1.51. The summed E-state index contributed by atoms with van der Waals surface area (Å²) in [6.45, 7) is 4.96. The molecule has 0 aromatic carbocycles. The second kappa shape index (κ2) is 7.11. The summed E-state index contributed by atoms with van der Waals surface area (Å²) in [5.41, 5.74) is 0.908. The number of nitrogens with one attached hydrogen (secondary N) is 1. The Balaban J connectivity index is 2.29. The largest absolute Gasteiger partial charge is 0.268 e. The van der Waals surface area contributed by atoms with Gasteiger partial charge in [-0.15, -0.1) is 0 Å². The SMILES string of the molecule is CCCCS(=O)(=O)NCCCn1ncc(Cl)c1C. The monoisotopic (exact) mass is 293 g/mol. The van der Waals surface area contributed by atoms with Crippen LogP contribution >= 0.6 is 11.6 Å². The molecule has 0 fully saturated rings. The molecule has 0 atom stereocenters. The number of hydrogen-bond acceptors (Lipinski definition) is 3. The lowest BCUT2D eigenvalue weighted by Crippen LogP contribution is -2.28. The Morgan fingerprint density at radius 1 is 1.44 bits per heavy atom. The first kappa shape index (κ1) is 15.5. The third-order valence-corrected chi connectivity index (χ3v) is 4.52. The number of unbranched alkanes of at least 4 members (excludes halogenated alkanes) is 1. The summed E-state index contributed by atoms with van der Waals surface area (Å²) in [7, 11) is -3.11. The molecule has 1 aromatic rings. The van der Waals surface area contributed by atoms with E-state index in [9.17, 15) is 8.42 Å². The average molecular weight is 294 g/mol. The van der Waals surface area contributed by atoms with Crippen molar-refractivity contribution in [2.24, 2.45) is 0 Å². The van der Waals surface area contributed by atoms with Gasteiger partial charge in [0.25, 0.3) is 0 Å². The molecule has 1 N–H and O–H groups in total. The number of hydrogen-bond donors (Lipinski definition) is 1. The van der Waals surface area contributed by atoms with Gasteiger partial charge in [-0.05, 0) is 19.8 Å². The van der Waals surface area contributed by atoms with Crippen molar-refractivity contribution in [3.8, 4) is 0 Å². The van der Waals surface area contributed by atoms with Crippen molar-refractivity contribution in [2.75, 3.05) is 12.3 Å². The van der Waals surface area contributed by atoms with Crippen molar-refractivity contribution in [1.82, 2.24) is 14.5 Å². The standard InChI is InChI=1S/C11H20ClN3O2S/c1-3-4-8-18(16,17)14-6-5-7-15-10(2)11(12)9-13-15/h9,14H,3-8H2,1-2H3. The minimum atomic E-state index is -3.11. The summed E-state index contributed by atoms with van der Waals surface area (Å²) in [6.07, 6.45) is 3.88. The molecular weight excluding hydrogens is 274 g/mol. The van der Waals surface area contributed by atoms with E-state index in [0.717, 1.165) is 12.1 Å². The minimum absolute atomic E-state index is 0.204. The first-order valence-corrected chi connectivity index (χ1v) is 8.14. The second-order valence-electron chi connectivity index (χ2n) is 4.22. The lowest BCUT2D eigenvalue weighted by molar-refractivity contribution is 0.545. The van der Waals surface area contributed by atoms with Gasteiger partial charge in [0.05, 0.1) is 22.7 Å². The topological polar surface area (TPSA) is 64.0 Å². The summed E-state index contributed by atoms with van der Waals surface area (Å²) in [5.74, 6) is 0.204. The summed E-state index contributed by atoms with van der Waals surface area (Å²) < 4.78 is 27.4. The highest BCUT2D eigenvalue weighted by molar-refractivity contribution is 7.89. The highest BCUT2D eigenvalue weighted by Crippen LogP contribution is 2.13. The number of aromatic nitrogens is 2. The van der Waals surface area contributed by atoms with E-state index in [-0.39, 0.29) is 5.75 Å².